The van der Waals surface area contributed by atoms with E-state index in [2.05, 4.69) is 0 Å². The predicted octanol–water partition coefficient (Wildman–Crippen LogP) is 2.44. The third-order valence-electron chi connectivity index (χ3n) is 5.32. The average molecular weight is 347 g/mol. The van der Waals surface area contributed by atoms with Crippen molar-refractivity contribution in [2.75, 3.05) is 13.7 Å². The number of hydroxylamine groups is 2. The second-order valence-electron chi connectivity index (χ2n) is 7.65. The Hall–Kier alpha value is -1.41. The molecule has 0 radical (unpaired) electrons. The van der Waals surface area contributed by atoms with Gasteiger partial charge in [0.1, 0.15) is 0 Å². The zero-order chi connectivity index (χ0) is 18.2. The van der Waals surface area contributed by atoms with Crippen molar-refractivity contribution in [1.82, 2.24) is 5.06 Å². The van der Waals surface area contributed by atoms with E-state index in [1.807, 2.05) is 58.0 Å². The van der Waals surface area contributed by atoms with E-state index >= 15 is 0 Å². The van der Waals surface area contributed by atoms with Crippen molar-refractivity contribution in [2.24, 2.45) is 0 Å². The van der Waals surface area contributed by atoms with Crippen molar-refractivity contribution < 1.29 is 23.7 Å². The number of methoxy groups -OCH3 is 1. The molecular weight excluding hydrogens is 321 g/mol. The van der Waals surface area contributed by atoms with Gasteiger partial charge in [-0.1, -0.05) is 30.3 Å². The summed E-state index contributed by atoms with van der Waals surface area (Å²) in [6.45, 7) is 9.11. The number of hydrogen-bond donors (Lipinski definition) is 0. The van der Waals surface area contributed by atoms with Crippen molar-refractivity contribution in [1.29, 1.82) is 0 Å². The van der Waals surface area contributed by atoms with Crippen molar-refractivity contribution in [3.05, 3.63) is 35.9 Å². The van der Waals surface area contributed by atoms with Gasteiger partial charge in [-0.05, 0) is 33.3 Å². The molecule has 1 aromatic rings. The zero-order valence-corrected chi connectivity index (χ0v) is 15.5. The summed E-state index contributed by atoms with van der Waals surface area (Å²) in [5.41, 5.74) is 0.205. The van der Waals surface area contributed by atoms with E-state index in [1.54, 1.807) is 5.06 Å². The van der Waals surface area contributed by atoms with Gasteiger partial charge >= 0.3 is 13.1 Å². The molecule has 0 saturated carbocycles. The number of hydrogen-bond acceptors (Lipinski definition) is 6. The molecule has 25 heavy (non-hydrogen) atoms. The van der Waals surface area contributed by atoms with Gasteiger partial charge in [0.2, 0.25) is 0 Å². The van der Waals surface area contributed by atoms with Gasteiger partial charge in [-0.25, -0.2) is 4.79 Å². The molecule has 0 N–H and O–H groups in total. The molecule has 2 heterocycles. The molecule has 2 fully saturated rings. The Balaban J connectivity index is 1.76. The molecule has 2 aliphatic rings. The van der Waals surface area contributed by atoms with E-state index in [0.29, 0.717) is 13.1 Å². The third-order valence-corrected chi connectivity index (χ3v) is 5.32. The van der Waals surface area contributed by atoms with Crippen LogP contribution in [0.4, 0.5) is 0 Å². The Morgan fingerprint density at radius 2 is 1.80 bits per heavy atom. The maximum absolute atomic E-state index is 12.2. The Morgan fingerprint density at radius 3 is 2.36 bits per heavy atom. The van der Waals surface area contributed by atoms with Crippen LogP contribution in [0.5, 0.6) is 0 Å². The lowest BCUT2D eigenvalue weighted by Gasteiger charge is -2.32. The molecular formula is C18H26BNO5. The monoisotopic (exact) mass is 347 g/mol. The molecule has 6 nitrogen and oxygen atoms in total. The van der Waals surface area contributed by atoms with Crippen LogP contribution in [-0.4, -0.2) is 49.1 Å². The molecule has 2 saturated heterocycles. The van der Waals surface area contributed by atoms with Gasteiger partial charge in [0.05, 0.1) is 18.3 Å². The fraction of sp³-hybridized carbons (Fsp3) is 0.611. The summed E-state index contributed by atoms with van der Waals surface area (Å²) in [6.07, 6.45) is -0.733. The first kappa shape index (κ1) is 18.4. The topological polar surface area (TPSA) is 57.2 Å². The predicted molar refractivity (Wildman–Crippen MR) is 93.6 cm³/mol. The average Bonchev–Trinajstić information content (AvgIpc) is 3.06. The fourth-order valence-electron chi connectivity index (χ4n) is 3.13. The number of nitrogens with zero attached hydrogens (tertiary/aromatic N) is 1. The molecule has 0 unspecified atom stereocenters. The van der Waals surface area contributed by atoms with Crippen LogP contribution in [-0.2, 0) is 30.2 Å². The maximum atomic E-state index is 12.2. The lowest BCUT2D eigenvalue weighted by Crippen LogP contribution is -2.41. The van der Waals surface area contributed by atoms with Gasteiger partial charge < -0.3 is 14.0 Å². The van der Waals surface area contributed by atoms with Crippen molar-refractivity contribution in [3.8, 4) is 0 Å². The van der Waals surface area contributed by atoms with Crippen LogP contribution in [0.25, 0.3) is 0 Å². The summed E-state index contributed by atoms with van der Waals surface area (Å²) in [6, 6.07) is 9.99. The first-order valence-corrected chi connectivity index (χ1v) is 8.62. The summed E-state index contributed by atoms with van der Waals surface area (Å²) in [7, 11) is 0.849. The smallest absolute Gasteiger partial charge is 0.465 e. The van der Waals surface area contributed by atoms with E-state index < -0.39 is 30.4 Å². The summed E-state index contributed by atoms with van der Waals surface area (Å²) in [4.78, 5) is 18.1. The summed E-state index contributed by atoms with van der Waals surface area (Å²) >= 11 is 0. The highest BCUT2D eigenvalue weighted by molar-refractivity contribution is 6.48. The fourth-order valence-corrected chi connectivity index (χ4v) is 3.13. The molecule has 0 bridgehead atoms. The molecule has 136 valence electrons. The van der Waals surface area contributed by atoms with Crippen molar-refractivity contribution in [2.45, 2.75) is 57.4 Å². The first-order valence-electron chi connectivity index (χ1n) is 8.62. The van der Waals surface area contributed by atoms with Gasteiger partial charge in [0.15, 0.2) is 6.10 Å². The van der Waals surface area contributed by atoms with E-state index in [-0.39, 0.29) is 5.82 Å². The summed E-state index contributed by atoms with van der Waals surface area (Å²) < 4.78 is 17.2. The van der Waals surface area contributed by atoms with Crippen LogP contribution < -0.4 is 0 Å². The van der Waals surface area contributed by atoms with E-state index in [1.165, 1.54) is 7.11 Å². The van der Waals surface area contributed by atoms with Crippen molar-refractivity contribution in [3.63, 3.8) is 0 Å². The van der Waals surface area contributed by atoms with E-state index in [0.717, 1.165) is 5.56 Å². The highest BCUT2D eigenvalue weighted by Gasteiger charge is 2.58. The molecule has 0 aromatic heterocycles. The Morgan fingerprint density at radius 1 is 1.20 bits per heavy atom. The van der Waals surface area contributed by atoms with E-state index in [9.17, 15) is 4.79 Å². The minimum absolute atomic E-state index is 0.253. The highest BCUT2D eigenvalue weighted by atomic mass is 16.7. The normalized spacial score (nSPS) is 28.3. The number of ether oxygens (including phenoxy) is 1. The minimum atomic E-state index is -0.733. The molecule has 3 rings (SSSR count). The van der Waals surface area contributed by atoms with Gasteiger partial charge in [-0.2, -0.15) is 5.06 Å². The van der Waals surface area contributed by atoms with Gasteiger partial charge in [-0.3, -0.25) is 4.84 Å². The van der Waals surface area contributed by atoms with Crippen LogP contribution >= 0.6 is 0 Å². The zero-order valence-electron chi connectivity index (χ0n) is 15.5. The molecule has 2 atom stereocenters. The summed E-state index contributed by atoms with van der Waals surface area (Å²) in [5, 5.41) is 1.78. The van der Waals surface area contributed by atoms with Crippen LogP contribution in [0.2, 0.25) is 5.82 Å². The molecule has 7 heteroatoms. The molecule has 2 aliphatic heterocycles. The van der Waals surface area contributed by atoms with Crippen LogP contribution in [0.15, 0.2) is 30.3 Å². The maximum Gasteiger partial charge on any atom is 0.465 e. The highest BCUT2D eigenvalue weighted by Crippen LogP contribution is 2.43. The summed E-state index contributed by atoms with van der Waals surface area (Å²) in [5.74, 6) is -0.660. The largest absolute Gasteiger partial charge is 0.467 e. The number of rotatable bonds is 4. The molecule has 0 aliphatic carbocycles. The Kier molecular flexibility index (Phi) is 4.94. The molecule has 0 amide bonds. The van der Waals surface area contributed by atoms with Crippen molar-refractivity contribution >= 4 is 13.1 Å². The van der Waals surface area contributed by atoms with E-state index in [4.69, 9.17) is 18.9 Å². The Labute approximate surface area is 149 Å². The second-order valence-corrected chi connectivity index (χ2v) is 7.65. The molecule has 1 aromatic carbocycles. The SMILES string of the molecule is COC(=O)[C@@H]1ON(Cc2ccccc2)C[C@H]1B1OC(C)(C)C(C)(C)O1. The minimum Gasteiger partial charge on any atom is -0.467 e. The number of esters is 1. The standard InChI is InChI=1S/C18H26BNO5/c1-17(2)18(3,4)25-19(24-17)14-12-20(23-15(14)16(21)22-5)11-13-9-7-6-8-10-13/h6-10,14-15H,11-12H2,1-5H3/t14-,15-/m1/s1. The number of benzene rings is 1. The van der Waals surface area contributed by atoms with Gasteiger partial charge in [-0.15, -0.1) is 0 Å². The van der Waals surface area contributed by atoms with Gasteiger partial charge in [0.25, 0.3) is 0 Å². The van der Waals surface area contributed by atoms with Crippen LogP contribution in [0, 0.1) is 0 Å². The third kappa shape index (κ3) is 3.60. The van der Waals surface area contributed by atoms with Gasteiger partial charge in [0, 0.05) is 18.9 Å². The Bertz CT molecular complexity index is 605. The second kappa shape index (κ2) is 6.72. The number of carbonyl (C=O) groups is 1. The first-order chi connectivity index (χ1) is 11.7. The lowest BCUT2D eigenvalue weighted by molar-refractivity contribution is -0.183. The number of carbonyl (C=O) groups excluding carboxylic acids is 1. The van der Waals surface area contributed by atoms with Crippen LogP contribution in [0.1, 0.15) is 33.3 Å². The molecule has 0 spiro atoms. The quantitative estimate of drug-likeness (QED) is 0.616. The van der Waals surface area contributed by atoms with Crippen LogP contribution in [0.3, 0.4) is 0 Å². The lowest BCUT2D eigenvalue weighted by atomic mass is 9.69.